The van der Waals surface area contributed by atoms with E-state index in [0.29, 0.717) is 12.1 Å². The molecular formula is C16H22N2S. The molecule has 2 aliphatic rings. The fourth-order valence-electron chi connectivity index (χ4n) is 2.98. The van der Waals surface area contributed by atoms with Crippen molar-refractivity contribution < 1.29 is 0 Å². The molecule has 2 aliphatic carbocycles. The highest BCUT2D eigenvalue weighted by Crippen LogP contribution is 2.41. The van der Waals surface area contributed by atoms with Crippen LogP contribution in [0.15, 0.2) is 24.3 Å². The molecule has 1 saturated carbocycles. The number of nitrogens with one attached hydrogen (secondary N) is 2. The fourth-order valence-corrected chi connectivity index (χ4v) is 3.28. The molecule has 0 spiro atoms. The van der Waals surface area contributed by atoms with Crippen LogP contribution >= 0.6 is 12.2 Å². The second-order valence-corrected chi connectivity index (χ2v) is 6.86. The van der Waals surface area contributed by atoms with E-state index in [1.807, 2.05) is 0 Å². The number of rotatable bonds is 2. The van der Waals surface area contributed by atoms with Gasteiger partial charge in [0.25, 0.3) is 0 Å². The van der Waals surface area contributed by atoms with Gasteiger partial charge in [-0.3, -0.25) is 0 Å². The van der Waals surface area contributed by atoms with Crippen LogP contribution in [0, 0.1) is 0 Å². The molecule has 19 heavy (non-hydrogen) atoms. The molecule has 0 aromatic heterocycles. The van der Waals surface area contributed by atoms with Gasteiger partial charge in [0.2, 0.25) is 0 Å². The molecule has 1 aromatic rings. The average molecular weight is 274 g/mol. The first-order valence-electron chi connectivity index (χ1n) is 7.23. The lowest BCUT2D eigenvalue weighted by Crippen LogP contribution is -2.41. The highest BCUT2D eigenvalue weighted by Gasteiger charge is 2.32. The van der Waals surface area contributed by atoms with Crippen LogP contribution in [-0.4, -0.2) is 11.2 Å². The van der Waals surface area contributed by atoms with Gasteiger partial charge in [-0.2, -0.15) is 0 Å². The summed E-state index contributed by atoms with van der Waals surface area (Å²) in [5.41, 5.74) is 3.16. The molecule has 3 rings (SSSR count). The van der Waals surface area contributed by atoms with Crippen molar-refractivity contribution in [1.82, 2.24) is 10.6 Å². The second kappa shape index (κ2) is 4.78. The molecular weight excluding hydrogens is 252 g/mol. The van der Waals surface area contributed by atoms with Gasteiger partial charge >= 0.3 is 0 Å². The first kappa shape index (κ1) is 12.9. The van der Waals surface area contributed by atoms with E-state index in [4.69, 9.17) is 12.2 Å². The Hall–Kier alpha value is -1.09. The normalized spacial score (nSPS) is 24.4. The average Bonchev–Trinajstić information content (AvgIpc) is 3.17. The number of benzene rings is 1. The van der Waals surface area contributed by atoms with Gasteiger partial charge < -0.3 is 10.6 Å². The Morgan fingerprint density at radius 1 is 1.16 bits per heavy atom. The summed E-state index contributed by atoms with van der Waals surface area (Å²) in [7, 11) is 0. The standard InChI is InChI=1S/C16H22N2S/c1-16(2)10-9-14(12-5-3-4-6-13(12)16)18-15(19)17-11-7-8-11/h3-6,11,14H,7-10H2,1-2H3,(H2,17,18,19). The number of hydrogen-bond donors (Lipinski definition) is 2. The third-order valence-electron chi connectivity index (χ3n) is 4.34. The predicted octanol–water partition coefficient (Wildman–Crippen LogP) is 3.43. The van der Waals surface area contributed by atoms with Crippen LogP contribution in [0.25, 0.3) is 0 Å². The van der Waals surface area contributed by atoms with E-state index in [1.54, 1.807) is 0 Å². The summed E-state index contributed by atoms with van der Waals surface area (Å²) in [5.74, 6) is 0. The van der Waals surface area contributed by atoms with Crippen molar-refractivity contribution in [2.45, 2.75) is 57.0 Å². The highest BCUT2D eigenvalue weighted by atomic mass is 32.1. The smallest absolute Gasteiger partial charge is 0.166 e. The molecule has 0 bridgehead atoms. The molecule has 1 unspecified atom stereocenters. The molecule has 2 N–H and O–H groups in total. The zero-order valence-electron chi connectivity index (χ0n) is 11.7. The van der Waals surface area contributed by atoms with E-state index >= 15 is 0 Å². The molecule has 2 nitrogen and oxygen atoms in total. The van der Waals surface area contributed by atoms with Gasteiger partial charge in [-0.25, -0.2) is 0 Å². The number of thiocarbonyl (C=S) groups is 1. The monoisotopic (exact) mass is 274 g/mol. The summed E-state index contributed by atoms with van der Waals surface area (Å²) in [4.78, 5) is 0. The lowest BCUT2D eigenvalue weighted by atomic mass is 9.71. The van der Waals surface area contributed by atoms with Crippen molar-refractivity contribution in [3.8, 4) is 0 Å². The molecule has 3 heteroatoms. The van der Waals surface area contributed by atoms with Crippen LogP contribution in [-0.2, 0) is 5.41 Å². The molecule has 1 atom stereocenters. The lowest BCUT2D eigenvalue weighted by molar-refractivity contribution is 0.381. The van der Waals surface area contributed by atoms with E-state index in [-0.39, 0.29) is 5.41 Å². The molecule has 0 aliphatic heterocycles. The van der Waals surface area contributed by atoms with Gasteiger partial charge in [0.15, 0.2) is 5.11 Å². The third kappa shape index (κ3) is 2.76. The maximum Gasteiger partial charge on any atom is 0.166 e. The van der Waals surface area contributed by atoms with E-state index in [0.717, 1.165) is 11.5 Å². The summed E-state index contributed by atoms with van der Waals surface area (Å²) in [5, 5.41) is 7.70. The fraction of sp³-hybridized carbons (Fsp3) is 0.562. The van der Waals surface area contributed by atoms with Crippen LogP contribution in [0.4, 0.5) is 0 Å². The molecule has 0 amide bonds. The van der Waals surface area contributed by atoms with E-state index in [2.05, 4.69) is 48.7 Å². The quantitative estimate of drug-likeness (QED) is 0.808. The van der Waals surface area contributed by atoms with Crippen LogP contribution in [0.3, 0.4) is 0 Å². The topological polar surface area (TPSA) is 24.1 Å². The Kier molecular flexibility index (Phi) is 3.25. The van der Waals surface area contributed by atoms with Crippen LogP contribution in [0.1, 0.15) is 56.7 Å². The lowest BCUT2D eigenvalue weighted by Gasteiger charge is -2.37. The molecule has 0 radical (unpaired) electrons. The van der Waals surface area contributed by atoms with E-state index in [1.165, 1.54) is 30.4 Å². The van der Waals surface area contributed by atoms with E-state index < -0.39 is 0 Å². The summed E-state index contributed by atoms with van der Waals surface area (Å²) < 4.78 is 0. The Labute approximate surface area is 121 Å². The minimum Gasteiger partial charge on any atom is -0.360 e. The van der Waals surface area contributed by atoms with Crippen molar-refractivity contribution in [3.05, 3.63) is 35.4 Å². The Bertz CT molecular complexity index is 491. The maximum atomic E-state index is 5.42. The second-order valence-electron chi connectivity index (χ2n) is 6.45. The maximum absolute atomic E-state index is 5.42. The van der Waals surface area contributed by atoms with Crippen molar-refractivity contribution in [2.24, 2.45) is 0 Å². The van der Waals surface area contributed by atoms with Gasteiger partial charge in [-0.1, -0.05) is 38.1 Å². The molecule has 1 fully saturated rings. The van der Waals surface area contributed by atoms with E-state index in [9.17, 15) is 0 Å². The van der Waals surface area contributed by atoms with Gasteiger partial charge in [0.05, 0.1) is 6.04 Å². The molecule has 0 saturated heterocycles. The van der Waals surface area contributed by atoms with Crippen molar-refractivity contribution in [3.63, 3.8) is 0 Å². The first-order valence-corrected chi connectivity index (χ1v) is 7.63. The summed E-state index contributed by atoms with van der Waals surface area (Å²) in [6.45, 7) is 4.67. The number of fused-ring (bicyclic) bond motifs is 1. The van der Waals surface area contributed by atoms with Crippen molar-refractivity contribution in [1.29, 1.82) is 0 Å². The number of hydrogen-bond acceptors (Lipinski definition) is 1. The molecule has 0 heterocycles. The third-order valence-corrected chi connectivity index (χ3v) is 4.58. The van der Waals surface area contributed by atoms with Gasteiger partial charge in [-0.05, 0) is 54.4 Å². The minimum atomic E-state index is 0.278. The SMILES string of the molecule is CC1(C)CCC(NC(=S)NC2CC2)c2ccccc21. The summed E-state index contributed by atoms with van der Waals surface area (Å²) >= 11 is 5.42. The highest BCUT2D eigenvalue weighted by molar-refractivity contribution is 7.80. The molecule has 102 valence electrons. The van der Waals surface area contributed by atoms with Gasteiger partial charge in [-0.15, -0.1) is 0 Å². The van der Waals surface area contributed by atoms with Crippen LogP contribution < -0.4 is 10.6 Å². The summed E-state index contributed by atoms with van der Waals surface area (Å²) in [6.07, 6.45) is 4.87. The minimum absolute atomic E-state index is 0.278. The Balaban J connectivity index is 1.77. The predicted molar refractivity (Wildman–Crippen MR) is 83.3 cm³/mol. The molecule has 1 aromatic carbocycles. The van der Waals surface area contributed by atoms with Gasteiger partial charge in [0, 0.05) is 6.04 Å². The Morgan fingerprint density at radius 3 is 2.63 bits per heavy atom. The largest absolute Gasteiger partial charge is 0.360 e. The van der Waals surface area contributed by atoms with Crippen LogP contribution in [0.5, 0.6) is 0 Å². The van der Waals surface area contributed by atoms with Crippen molar-refractivity contribution in [2.75, 3.05) is 0 Å². The Morgan fingerprint density at radius 2 is 1.89 bits per heavy atom. The summed E-state index contributed by atoms with van der Waals surface area (Å²) in [6, 6.07) is 9.77. The zero-order valence-corrected chi connectivity index (χ0v) is 12.5. The van der Waals surface area contributed by atoms with Crippen molar-refractivity contribution >= 4 is 17.3 Å². The van der Waals surface area contributed by atoms with Crippen LogP contribution in [0.2, 0.25) is 0 Å². The zero-order chi connectivity index (χ0) is 13.5. The van der Waals surface area contributed by atoms with Gasteiger partial charge in [0.1, 0.15) is 0 Å². The first-order chi connectivity index (χ1) is 9.06.